The maximum Gasteiger partial charge on any atom is 0.218 e. The predicted octanol–water partition coefficient (Wildman–Crippen LogP) is 1.65. The molecule has 0 aliphatic rings. The van der Waals surface area contributed by atoms with Gasteiger partial charge >= 0.3 is 0 Å². The third-order valence-electron chi connectivity index (χ3n) is 1.29. The SMILES string of the molecule is OC(CBr)c1cccnc1F. The zero-order chi connectivity index (χ0) is 8.27. The van der Waals surface area contributed by atoms with Crippen LogP contribution in [0.4, 0.5) is 4.39 Å². The highest BCUT2D eigenvalue weighted by Crippen LogP contribution is 2.16. The molecule has 1 unspecified atom stereocenters. The van der Waals surface area contributed by atoms with Gasteiger partial charge in [-0.3, -0.25) is 0 Å². The number of hydrogen-bond acceptors (Lipinski definition) is 2. The number of aromatic nitrogens is 1. The van der Waals surface area contributed by atoms with E-state index in [0.29, 0.717) is 5.33 Å². The molecule has 0 fully saturated rings. The molecule has 2 nitrogen and oxygen atoms in total. The highest BCUT2D eigenvalue weighted by molar-refractivity contribution is 9.09. The van der Waals surface area contributed by atoms with Gasteiger partial charge in [0, 0.05) is 17.1 Å². The van der Waals surface area contributed by atoms with Crippen LogP contribution in [-0.2, 0) is 0 Å². The lowest BCUT2D eigenvalue weighted by Gasteiger charge is -2.05. The van der Waals surface area contributed by atoms with E-state index in [4.69, 9.17) is 0 Å². The molecule has 0 saturated carbocycles. The second-order valence-electron chi connectivity index (χ2n) is 2.05. The molecule has 1 rings (SSSR count). The fourth-order valence-corrected chi connectivity index (χ4v) is 1.08. The quantitative estimate of drug-likeness (QED) is 0.607. The number of rotatable bonds is 2. The molecule has 0 spiro atoms. The van der Waals surface area contributed by atoms with E-state index in [2.05, 4.69) is 20.9 Å². The summed E-state index contributed by atoms with van der Waals surface area (Å²) in [5, 5.41) is 9.50. The topological polar surface area (TPSA) is 33.1 Å². The van der Waals surface area contributed by atoms with Crippen molar-refractivity contribution in [2.24, 2.45) is 0 Å². The Bertz CT molecular complexity index is 244. The van der Waals surface area contributed by atoms with E-state index in [1.807, 2.05) is 0 Å². The molecule has 0 saturated heterocycles. The summed E-state index contributed by atoms with van der Waals surface area (Å²) in [6.07, 6.45) is 0.531. The van der Waals surface area contributed by atoms with Crippen molar-refractivity contribution in [2.75, 3.05) is 5.33 Å². The van der Waals surface area contributed by atoms with Crippen LogP contribution < -0.4 is 0 Å². The van der Waals surface area contributed by atoms with E-state index < -0.39 is 12.1 Å². The molecule has 0 amide bonds. The molecular formula is C7H7BrFNO. The van der Waals surface area contributed by atoms with E-state index in [0.717, 1.165) is 0 Å². The summed E-state index contributed by atoms with van der Waals surface area (Å²) in [5.74, 6) is -0.612. The fraction of sp³-hybridized carbons (Fsp3) is 0.286. The van der Waals surface area contributed by atoms with Crippen molar-refractivity contribution in [3.8, 4) is 0 Å². The van der Waals surface area contributed by atoms with Crippen LogP contribution in [0.3, 0.4) is 0 Å². The maximum atomic E-state index is 12.7. The van der Waals surface area contributed by atoms with Crippen LogP contribution in [0.2, 0.25) is 0 Å². The monoisotopic (exact) mass is 219 g/mol. The number of pyridine rings is 1. The van der Waals surface area contributed by atoms with Gasteiger partial charge < -0.3 is 5.11 Å². The number of aliphatic hydroxyl groups excluding tert-OH is 1. The van der Waals surface area contributed by atoms with Crippen molar-refractivity contribution in [2.45, 2.75) is 6.10 Å². The van der Waals surface area contributed by atoms with Gasteiger partial charge in [-0.15, -0.1) is 0 Å². The molecule has 0 bridgehead atoms. The summed E-state index contributed by atoms with van der Waals surface area (Å²) >= 11 is 3.04. The van der Waals surface area contributed by atoms with Crippen molar-refractivity contribution in [1.82, 2.24) is 4.98 Å². The summed E-state index contributed by atoms with van der Waals surface area (Å²) in [7, 11) is 0. The zero-order valence-corrected chi connectivity index (χ0v) is 7.25. The molecule has 1 heterocycles. The van der Waals surface area contributed by atoms with Gasteiger partial charge in [0.15, 0.2) is 0 Å². The lowest BCUT2D eigenvalue weighted by Crippen LogP contribution is -2.02. The summed E-state index contributed by atoms with van der Waals surface area (Å²) < 4.78 is 12.7. The summed E-state index contributed by atoms with van der Waals surface area (Å²) in [4.78, 5) is 3.40. The van der Waals surface area contributed by atoms with E-state index in [-0.39, 0.29) is 5.56 Å². The van der Waals surface area contributed by atoms with Crippen LogP contribution in [0.15, 0.2) is 18.3 Å². The lowest BCUT2D eigenvalue weighted by atomic mass is 10.2. The average molecular weight is 220 g/mol. The van der Waals surface area contributed by atoms with Crippen LogP contribution in [0, 0.1) is 5.95 Å². The van der Waals surface area contributed by atoms with Gasteiger partial charge in [0.1, 0.15) is 0 Å². The Morgan fingerprint density at radius 2 is 2.45 bits per heavy atom. The standard InChI is InChI=1S/C7H7BrFNO/c8-4-6(11)5-2-1-3-10-7(5)9/h1-3,6,11H,4H2. The molecular weight excluding hydrogens is 213 g/mol. The average Bonchev–Trinajstić information content (AvgIpc) is 2.04. The van der Waals surface area contributed by atoms with Gasteiger partial charge in [-0.05, 0) is 6.07 Å². The summed E-state index contributed by atoms with van der Waals surface area (Å²) in [6.45, 7) is 0. The molecule has 1 aromatic heterocycles. The Kier molecular flexibility index (Phi) is 2.96. The van der Waals surface area contributed by atoms with Gasteiger partial charge in [-0.2, -0.15) is 4.39 Å². The molecule has 0 aliphatic heterocycles. The second kappa shape index (κ2) is 3.78. The Hall–Kier alpha value is -0.480. The molecule has 1 atom stereocenters. The Morgan fingerprint density at radius 1 is 1.73 bits per heavy atom. The lowest BCUT2D eigenvalue weighted by molar-refractivity contribution is 0.199. The Labute approximate surface area is 72.2 Å². The number of halogens is 2. The predicted molar refractivity (Wildman–Crippen MR) is 42.9 cm³/mol. The third kappa shape index (κ3) is 1.97. The van der Waals surface area contributed by atoms with Crippen molar-refractivity contribution >= 4 is 15.9 Å². The number of hydrogen-bond donors (Lipinski definition) is 1. The number of aliphatic hydroxyl groups is 1. The molecule has 0 aliphatic carbocycles. The molecule has 1 N–H and O–H groups in total. The van der Waals surface area contributed by atoms with Crippen molar-refractivity contribution in [3.05, 3.63) is 29.8 Å². The van der Waals surface area contributed by atoms with Crippen molar-refractivity contribution in [3.63, 3.8) is 0 Å². The molecule has 4 heteroatoms. The van der Waals surface area contributed by atoms with E-state index in [1.54, 1.807) is 6.07 Å². The van der Waals surface area contributed by atoms with Crippen molar-refractivity contribution < 1.29 is 9.50 Å². The Balaban J connectivity index is 2.93. The maximum absolute atomic E-state index is 12.7. The molecule has 60 valence electrons. The minimum Gasteiger partial charge on any atom is -0.387 e. The largest absolute Gasteiger partial charge is 0.387 e. The van der Waals surface area contributed by atoms with E-state index in [1.165, 1.54) is 12.3 Å². The number of nitrogens with zero attached hydrogens (tertiary/aromatic N) is 1. The van der Waals surface area contributed by atoms with Crippen LogP contribution in [-0.4, -0.2) is 15.4 Å². The number of alkyl halides is 1. The first-order chi connectivity index (χ1) is 5.25. The van der Waals surface area contributed by atoms with Gasteiger partial charge in [-0.25, -0.2) is 4.98 Å². The van der Waals surface area contributed by atoms with Gasteiger partial charge in [0.2, 0.25) is 5.95 Å². The van der Waals surface area contributed by atoms with Crippen molar-refractivity contribution in [1.29, 1.82) is 0 Å². The van der Waals surface area contributed by atoms with Crippen LogP contribution in [0.25, 0.3) is 0 Å². The van der Waals surface area contributed by atoms with Gasteiger partial charge in [0.05, 0.1) is 6.10 Å². The molecule has 0 radical (unpaired) electrons. The van der Waals surface area contributed by atoms with Gasteiger partial charge in [0.25, 0.3) is 0 Å². The van der Waals surface area contributed by atoms with Crippen LogP contribution in [0.1, 0.15) is 11.7 Å². The first-order valence-corrected chi connectivity index (χ1v) is 4.22. The first-order valence-electron chi connectivity index (χ1n) is 3.10. The second-order valence-corrected chi connectivity index (χ2v) is 2.70. The fourth-order valence-electron chi connectivity index (χ4n) is 0.730. The summed E-state index contributed by atoms with van der Waals surface area (Å²) in [6, 6.07) is 3.10. The Morgan fingerprint density at radius 3 is 3.00 bits per heavy atom. The minimum absolute atomic E-state index is 0.226. The van der Waals surface area contributed by atoms with E-state index in [9.17, 15) is 9.50 Å². The van der Waals surface area contributed by atoms with E-state index >= 15 is 0 Å². The highest BCUT2D eigenvalue weighted by Gasteiger charge is 2.10. The van der Waals surface area contributed by atoms with Crippen LogP contribution >= 0.6 is 15.9 Å². The molecule has 0 aromatic carbocycles. The minimum atomic E-state index is -0.816. The zero-order valence-electron chi connectivity index (χ0n) is 5.67. The van der Waals surface area contributed by atoms with Crippen LogP contribution in [0.5, 0.6) is 0 Å². The molecule has 11 heavy (non-hydrogen) atoms. The smallest absolute Gasteiger partial charge is 0.218 e. The highest BCUT2D eigenvalue weighted by atomic mass is 79.9. The third-order valence-corrected chi connectivity index (χ3v) is 1.91. The van der Waals surface area contributed by atoms with Gasteiger partial charge in [-0.1, -0.05) is 22.0 Å². The normalized spacial score (nSPS) is 13.0. The molecule has 1 aromatic rings. The summed E-state index contributed by atoms with van der Waals surface area (Å²) in [5.41, 5.74) is 0.226. The first kappa shape index (κ1) is 8.62.